The molecule has 2 unspecified atom stereocenters. The summed E-state index contributed by atoms with van der Waals surface area (Å²) in [5.74, 6) is -3.19. The first-order valence-corrected chi connectivity index (χ1v) is 7.57. The quantitative estimate of drug-likeness (QED) is 0.809. The summed E-state index contributed by atoms with van der Waals surface area (Å²) in [4.78, 5) is 23.1. The second-order valence-electron chi connectivity index (χ2n) is 5.60. The molecule has 2 aromatic rings. The molecular formula is C17H16F3NO5. The molecule has 0 aliphatic rings. The largest absolute Gasteiger partial charge is 0.573 e. The van der Waals surface area contributed by atoms with Gasteiger partial charge in [-0.15, -0.1) is 13.2 Å². The Morgan fingerprint density at radius 2 is 1.81 bits per heavy atom. The van der Waals surface area contributed by atoms with E-state index in [9.17, 15) is 22.8 Å². The molecule has 1 heterocycles. The molecule has 0 aliphatic carbocycles. The molecule has 0 saturated heterocycles. The number of carbonyl (C=O) groups is 2. The molecule has 2 N–H and O–H groups in total. The van der Waals surface area contributed by atoms with E-state index in [0.29, 0.717) is 0 Å². The fourth-order valence-electron chi connectivity index (χ4n) is 2.11. The zero-order valence-corrected chi connectivity index (χ0v) is 13.8. The first-order chi connectivity index (χ1) is 12.1. The fourth-order valence-corrected chi connectivity index (χ4v) is 2.11. The molecule has 26 heavy (non-hydrogen) atoms. The van der Waals surface area contributed by atoms with Gasteiger partial charge in [0.15, 0.2) is 5.76 Å². The Labute approximate surface area is 146 Å². The highest BCUT2D eigenvalue weighted by molar-refractivity contribution is 5.92. The van der Waals surface area contributed by atoms with Crippen LogP contribution >= 0.6 is 0 Å². The minimum atomic E-state index is -4.87. The summed E-state index contributed by atoms with van der Waals surface area (Å²) < 4.78 is 46.7. The average molecular weight is 371 g/mol. The summed E-state index contributed by atoms with van der Waals surface area (Å²) in [7, 11) is 0. The highest BCUT2D eigenvalue weighted by Gasteiger charge is 2.32. The van der Waals surface area contributed by atoms with Crippen molar-refractivity contribution in [2.24, 2.45) is 5.92 Å². The number of carboxylic acids is 1. The van der Waals surface area contributed by atoms with E-state index in [1.807, 2.05) is 0 Å². The molecule has 1 aromatic heterocycles. The van der Waals surface area contributed by atoms with Gasteiger partial charge in [0, 0.05) is 6.04 Å². The summed E-state index contributed by atoms with van der Waals surface area (Å²) in [6.45, 7) is 2.96. The molecule has 0 radical (unpaired) electrons. The van der Waals surface area contributed by atoms with Crippen LogP contribution in [0.4, 0.5) is 13.2 Å². The van der Waals surface area contributed by atoms with Crippen molar-refractivity contribution in [1.29, 1.82) is 0 Å². The molecule has 140 valence electrons. The van der Waals surface area contributed by atoms with Crippen LogP contribution in [0, 0.1) is 5.92 Å². The van der Waals surface area contributed by atoms with Gasteiger partial charge in [-0.2, -0.15) is 0 Å². The lowest BCUT2D eigenvalue weighted by Gasteiger charge is -2.16. The first kappa shape index (κ1) is 19.4. The number of halogens is 3. The summed E-state index contributed by atoms with van der Waals surface area (Å²) in [6, 6.07) is 7.30. The van der Waals surface area contributed by atoms with Gasteiger partial charge in [-0.05, 0) is 38.1 Å². The molecule has 0 bridgehead atoms. The van der Waals surface area contributed by atoms with Gasteiger partial charge >= 0.3 is 12.3 Å². The summed E-state index contributed by atoms with van der Waals surface area (Å²) in [6.07, 6.45) is -4.87. The second-order valence-corrected chi connectivity index (χ2v) is 5.60. The minimum absolute atomic E-state index is 0.00827. The molecule has 0 aliphatic heterocycles. The Bertz CT molecular complexity index is 800. The lowest BCUT2D eigenvalue weighted by molar-refractivity contribution is -0.274. The van der Waals surface area contributed by atoms with E-state index in [2.05, 4.69) is 10.1 Å². The molecule has 0 saturated carbocycles. The average Bonchev–Trinajstić information content (AvgIpc) is 3.02. The van der Waals surface area contributed by atoms with E-state index in [-0.39, 0.29) is 17.1 Å². The normalized spacial score (nSPS) is 13.7. The monoisotopic (exact) mass is 371 g/mol. The molecule has 2 rings (SSSR count). The van der Waals surface area contributed by atoms with E-state index in [0.717, 1.165) is 6.07 Å². The maximum atomic E-state index is 12.5. The predicted octanol–water partition coefficient (Wildman–Crippen LogP) is 3.68. The van der Waals surface area contributed by atoms with Gasteiger partial charge in [0.2, 0.25) is 0 Å². The Morgan fingerprint density at radius 1 is 1.15 bits per heavy atom. The molecule has 9 heteroatoms. The smallest absolute Gasteiger partial charge is 0.481 e. The van der Waals surface area contributed by atoms with Crippen molar-refractivity contribution in [1.82, 2.24) is 5.32 Å². The fraction of sp³-hybridized carbons (Fsp3) is 0.294. The van der Waals surface area contributed by atoms with Crippen molar-refractivity contribution >= 4 is 11.9 Å². The number of hydrogen-bond acceptors (Lipinski definition) is 4. The van der Waals surface area contributed by atoms with Crippen molar-refractivity contribution in [3.05, 3.63) is 42.2 Å². The van der Waals surface area contributed by atoms with E-state index in [1.54, 1.807) is 0 Å². The van der Waals surface area contributed by atoms with Crippen LogP contribution in [0.2, 0.25) is 0 Å². The van der Waals surface area contributed by atoms with Crippen LogP contribution < -0.4 is 10.1 Å². The number of benzene rings is 1. The maximum absolute atomic E-state index is 12.5. The molecule has 0 spiro atoms. The zero-order chi connectivity index (χ0) is 19.5. The van der Waals surface area contributed by atoms with Crippen LogP contribution in [0.15, 0.2) is 40.8 Å². The molecular weight excluding hydrogens is 355 g/mol. The van der Waals surface area contributed by atoms with Crippen molar-refractivity contribution in [2.45, 2.75) is 26.3 Å². The van der Waals surface area contributed by atoms with Gasteiger partial charge in [-0.1, -0.05) is 12.1 Å². The Hall–Kier alpha value is -2.97. The van der Waals surface area contributed by atoms with Crippen molar-refractivity contribution < 1.29 is 37.0 Å². The van der Waals surface area contributed by atoms with E-state index in [1.165, 1.54) is 44.2 Å². The molecule has 1 aromatic carbocycles. The number of amides is 1. The Balaban J connectivity index is 2.20. The molecule has 0 fully saturated rings. The number of aliphatic carboxylic acids is 1. The Morgan fingerprint density at radius 3 is 2.42 bits per heavy atom. The van der Waals surface area contributed by atoms with Gasteiger partial charge in [0.25, 0.3) is 5.91 Å². The number of hydrogen-bond donors (Lipinski definition) is 2. The number of carbonyl (C=O) groups excluding carboxylic acids is 1. The van der Waals surface area contributed by atoms with Crippen LogP contribution in [0.5, 0.6) is 5.75 Å². The van der Waals surface area contributed by atoms with E-state index >= 15 is 0 Å². The van der Waals surface area contributed by atoms with Crippen LogP contribution in [-0.4, -0.2) is 29.4 Å². The lowest BCUT2D eigenvalue weighted by atomic mass is 10.0. The van der Waals surface area contributed by atoms with Crippen LogP contribution in [0.25, 0.3) is 11.3 Å². The zero-order valence-electron chi connectivity index (χ0n) is 13.8. The second kappa shape index (κ2) is 7.51. The summed E-state index contributed by atoms with van der Waals surface area (Å²) in [5, 5.41) is 11.4. The minimum Gasteiger partial charge on any atom is -0.481 e. The number of para-hydroxylation sites is 1. The third-order valence-corrected chi connectivity index (χ3v) is 3.71. The van der Waals surface area contributed by atoms with Gasteiger partial charge < -0.3 is 19.6 Å². The van der Waals surface area contributed by atoms with E-state index < -0.39 is 35.9 Å². The number of rotatable bonds is 6. The number of alkyl halides is 3. The van der Waals surface area contributed by atoms with Gasteiger partial charge in [0.1, 0.15) is 11.5 Å². The topological polar surface area (TPSA) is 88.8 Å². The highest BCUT2D eigenvalue weighted by atomic mass is 19.4. The summed E-state index contributed by atoms with van der Waals surface area (Å²) >= 11 is 0. The van der Waals surface area contributed by atoms with Gasteiger partial charge in [-0.25, -0.2) is 0 Å². The van der Waals surface area contributed by atoms with Crippen molar-refractivity contribution in [2.75, 3.05) is 0 Å². The number of nitrogens with one attached hydrogen (secondary N) is 1. The molecule has 6 nitrogen and oxygen atoms in total. The Kier molecular flexibility index (Phi) is 5.59. The molecule has 2 atom stereocenters. The lowest BCUT2D eigenvalue weighted by Crippen LogP contribution is -2.39. The number of ether oxygens (including phenoxy) is 1. The van der Waals surface area contributed by atoms with Crippen LogP contribution in [0.3, 0.4) is 0 Å². The third-order valence-electron chi connectivity index (χ3n) is 3.71. The SMILES string of the molecule is CC(NC(=O)c1ccc(-c2ccccc2OC(F)(F)F)o1)C(C)C(=O)O. The van der Waals surface area contributed by atoms with Crippen LogP contribution in [0.1, 0.15) is 24.4 Å². The highest BCUT2D eigenvalue weighted by Crippen LogP contribution is 2.34. The first-order valence-electron chi connectivity index (χ1n) is 7.57. The number of carboxylic acid groups (broad SMARTS) is 1. The molecule has 1 amide bonds. The van der Waals surface area contributed by atoms with Crippen LogP contribution in [-0.2, 0) is 4.79 Å². The van der Waals surface area contributed by atoms with Crippen molar-refractivity contribution in [3.8, 4) is 17.1 Å². The number of furan rings is 1. The maximum Gasteiger partial charge on any atom is 0.573 e. The standard InChI is InChI=1S/C17H16F3NO5/c1-9(16(23)24)10(2)21-15(22)14-8-7-12(25-14)11-5-3-4-6-13(11)26-17(18,19)20/h3-10H,1-2H3,(H,21,22)(H,23,24). The third kappa shape index (κ3) is 4.78. The van der Waals surface area contributed by atoms with Gasteiger partial charge in [0.05, 0.1) is 11.5 Å². The van der Waals surface area contributed by atoms with E-state index in [4.69, 9.17) is 9.52 Å². The van der Waals surface area contributed by atoms with Crippen molar-refractivity contribution in [3.63, 3.8) is 0 Å². The summed E-state index contributed by atoms with van der Waals surface area (Å²) in [5.41, 5.74) is 0.0239. The van der Waals surface area contributed by atoms with Gasteiger partial charge in [-0.3, -0.25) is 9.59 Å². The predicted molar refractivity (Wildman–Crippen MR) is 84.6 cm³/mol.